The Morgan fingerprint density at radius 3 is 3.00 bits per heavy atom. The molecule has 104 valence electrons. The van der Waals surface area contributed by atoms with Crippen molar-refractivity contribution in [2.45, 2.75) is 38.6 Å². The van der Waals surface area contributed by atoms with Gasteiger partial charge in [0.25, 0.3) is 5.91 Å². The zero-order chi connectivity index (χ0) is 13.9. The van der Waals surface area contributed by atoms with Gasteiger partial charge in [0.2, 0.25) is 0 Å². The minimum atomic E-state index is -0.0668. The molecule has 0 aromatic carbocycles. The SMILES string of the molecule is CC(NC(=O)c1csc2c1CCCC2)c1ccccn1. The van der Waals surface area contributed by atoms with Crippen molar-refractivity contribution < 1.29 is 4.79 Å². The number of aromatic nitrogens is 1. The van der Waals surface area contributed by atoms with Crippen LogP contribution in [-0.2, 0) is 12.8 Å². The van der Waals surface area contributed by atoms with Crippen LogP contribution in [-0.4, -0.2) is 10.9 Å². The zero-order valence-electron chi connectivity index (χ0n) is 11.6. The maximum Gasteiger partial charge on any atom is 0.252 e. The van der Waals surface area contributed by atoms with Crippen LogP contribution in [0.25, 0.3) is 0 Å². The van der Waals surface area contributed by atoms with Crippen molar-refractivity contribution in [1.29, 1.82) is 0 Å². The highest BCUT2D eigenvalue weighted by molar-refractivity contribution is 7.10. The van der Waals surface area contributed by atoms with Crippen LogP contribution in [0.5, 0.6) is 0 Å². The number of carbonyl (C=O) groups excluding carboxylic acids is 1. The number of pyridine rings is 1. The smallest absolute Gasteiger partial charge is 0.252 e. The number of carbonyl (C=O) groups is 1. The van der Waals surface area contributed by atoms with Crippen LogP contribution >= 0.6 is 11.3 Å². The van der Waals surface area contributed by atoms with Crippen LogP contribution < -0.4 is 5.32 Å². The van der Waals surface area contributed by atoms with E-state index in [-0.39, 0.29) is 11.9 Å². The lowest BCUT2D eigenvalue weighted by Crippen LogP contribution is -2.27. The number of hydrogen-bond donors (Lipinski definition) is 1. The molecule has 0 saturated heterocycles. The minimum Gasteiger partial charge on any atom is -0.344 e. The van der Waals surface area contributed by atoms with E-state index in [1.807, 2.05) is 30.5 Å². The number of amides is 1. The van der Waals surface area contributed by atoms with E-state index in [1.165, 1.54) is 23.3 Å². The van der Waals surface area contributed by atoms with Gasteiger partial charge in [-0.25, -0.2) is 0 Å². The molecule has 1 atom stereocenters. The summed E-state index contributed by atoms with van der Waals surface area (Å²) in [6.07, 6.45) is 6.37. The van der Waals surface area contributed by atoms with E-state index >= 15 is 0 Å². The zero-order valence-corrected chi connectivity index (χ0v) is 12.4. The maximum atomic E-state index is 12.4. The number of nitrogens with zero attached hydrogens (tertiary/aromatic N) is 1. The second-order valence-corrected chi connectivity index (χ2v) is 6.17. The van der Waals surface area contributed by atoms with E-state index in [2.05, 4.69) is 10.3 Å². The molecular weight excluding hydrogens is 268 g/mol. The van der Waals surface area contributed by atoms with Crippen LogP contribution in [0.3, 0.4) is 0 Å². The quantitative estimate of drug-likeness (QED) is 0.938. The van der Waals surface area contributed by atoms with Gasteiger partial charge in [-0.3, -0.25) is 9.78 Å². The van der Waals surface area contributed by atoms with Gasteiger partial charge in [-0.1, -0.05) is 6.07 Å². The normalized spacial score (nSPS) is 15.4. The number of fused-ring (bicyclic) bond motifs is 1. The Hall–Kier alpha value is -1.68. The fraction of sp³-hybridized carbons (Fsp3) is 0.375. The second kappa shape index (κ2) is 5.75. The van der Waals surface area contributed by atoms with E-state index in [0.29, 0.717) is 0 Å². The third-order valence-electron chi connectivity index (χ3n) is 3.79. The van der Waals surface area contributed by atoms with Crippen LogP contribution in [0, 0.1) is 0 Å². The molecular formula is C16H18N2OS. The first-order valence-corrected chi connectivity index (χ1v) is 7.94. The second-order valence-electron chi connectivity index (χ2n) is 5.21. The van der Waals surface area contributed by atoms with Crippen molar-refractivity contribution >= 4 is 17.2 Å². The molecule has 1 N–H and O–H groups in total. The highest BCUT2D eigenvalue weighted by Crippen LogP contribution is 2.30. The molecule has 2 aromatic rings. The third-order valence-corrected chi connectivity index (χ3v) is 4.87. The fourth-order valence-electron chi connectivity index (χ4n) is 2.66. The van der Waals surface area contributed by atoms with Gasteiger partial charge in [0.1, 0.15) is 0 Å². The predicted molar refractivity (Wildman–Crippen MR) is 81.1 cm³/mol. The average Bonchev–Trinajstić information content (AvgIpc) is 2.92. The summed E-state index contributed by atoms with van der Waals surface area (Å²) in [6, 6.07) is 5.70. The van der Waals surface area contributed by atoms with Crippen molar-refractivity contribution in [3.63, 3.8) is 0 Å². The summed E-state index contributed by atoms with van der Waals surface area (Å²) >= 11 is 1.73. The Balaban J connectivity index is 1.75. The lowest BCUT2D eigenvalue weighted by Gasteiger charge is -2.15. The largest absolute Gasteiger partial charge is 0.344 e. The summed E-state index contributed by atoms with van der Waals surface area (Å²) in [5.74, 6) is 0.0301. The van der Waals surface area contributed by atoms with Crippen molar-refractivity contribution in [1.82, 2.24) is 10.3 Å². The maximum absolute atomic E-state index is 12.4. The first kappa shape index (κ1) is 13.3. The van der Waals surface area contributed by atoms with E-state index in [9.17, 15) is 4.79 Å². The van der Waals surface area contributed by atoms with Crippen molar-refractivity contribution in [2.24, 2.45) is 0 Å². The molecule has 20 heavy (non-hydrogen) atoms. The number of nitrogens with one attached hydrogen (secondary N) is 1. The molecule has 2 aromatic heterocycles. The van der Waals surface area contributed by atoms with Gasteiger partial charge < -0.3 is 5.32 Å². The van der Waals surface area contributed by atoms with Gasteiger partial charge in [-0.05, 0) is 50.3 Å². The Labute approximate surface area is 123 Å². The highest BCUT2D eigenvalue weighted by atomic mass is 32.1. The summed E-state index contributed by atoms with van der Waals surface area (Å²) < 4.78 is 0. The first-order valence-electron chi connectivity index (χ1n) is 7.06. The van der Waals surface area contributed by atoms with E-state index in [4.69, 9.17) is 0 Å². The summed E-state index contributed by atoms with van der Waals surface area (Å²) in [5.41, 5.74) is 3.03. The molecule has 2 heterocycles. The Morgan fingerprint density at radius 1 is 1.35 bits per heavy atom. The summed E-state index contributed by atoms with van der Waals surface area (Å²) in [4.78, 5) is 18.1. The molecule has 1 aliphatic rings. The lowest BCUT2D eigenvalue weighted by molar-refractivity contribution is 0.0938. The third kappa shape index (κ3) is 2.61. The number of aryl methyl sites for hydroxylation is 1. The van der Waals surface area contributed by atoms with Gasteiger partial charge in [0.15, 0.2) is 0 Å². The molecule has 0 saturated carbocycles. The summed E-state index contributed by atoms with van der Waals surface area (Å²) in [7, 11) is 0. The molecule has 0 fully saturated rings. The van der Waals surface area contributed by atoms with E-state index in [0.717, 1.165) is 24.1 Å². The molecule has 3 rings (SSSR count). The molecule has 1 unspecified atom stereocenters. The predicted octanol–water partition coefficient (Wildman–Crippen LogP) is 3.51. The van der Waals surface area contributed by atoms with E-state index < -0.39 is 0 Å². The standard InChI is InChI=1S/C16H18N2OS/c1-11(14-7-4-5-9-17-14)18-16(19)13-10-20-15-8-3-2-6-12(13)15/h4-5,7,9-11H,2-3,6,8H2,1H3,(H,18,19). The molecule has 0 bridgehead atoms. The number of rotatable bonds is 3. The van der Waals surface area contributed by atoms with Crippen molar-refractivity contribution in [2.75, 3.05) is 0 Å². The fourth-order valence-corrected chi connectivity index (χ4v) is 3.79. The first-order chi connectivity index (χ1) is 9.75. The van der Waals surface area contributed by atoms with Crippen LogP contribution in [0.15, 0.2) is 29.8 Å². The Bertz CT molecular complexity index is 606. The molecule has 0 radical (unpaired) electrons. The molecule has 1 amide bonds. The molecule has 0 aliphatic heterocycles. The van der Waals surface area contributed by atoms with Gasteiger partial charge >= 0.3 is 0 Å². The van der Waals surface area contributed by atoms with Gasteiger partial charge in [0.05, 0.1) is 17.3 Å². The van der Waals surface area contributed by atoms with E-state index in [1.54, 1.807) is 17.5 Å². The number of hydrogen-bond acceptors (Lipinski definition) is 3. The topological polar surface area (TPSA) is 42.0 Å². The molecule has 0 spiro atoms. The van der Waals surface area contributed by atoms with Crippen molar-refractivity contribution in [3.8, 4) is 0 Å². The highest BCUT2D eigenvalue weighted by Gasteiger charge is 2.21. The Kier molecular flexibility index (Phi) is 3.83. The monoisotopic (exact) mass is 286 g/mol. The Morgan fingerprint density at radius 2 is 2.20 bits per heavy atom. The summed E-state index contributed by atoms with van der Waals surface area (Å²) in [5, 5.41) is 5.06. The molecule has 4 heteroatoms. The van der Waals surface area contributed by atoms with Crippen LogP contribution in [0.2, 0.25) is 0 Å². The van der Waals surface area contributed by atoms with Gasteiger partial charge in [0, 0.05) is 16.5 Å². The lowest BCUT2D eigenvalue weighted by atomic mass is 9.95. The van der Waals surface area contributed by atoms with Gasteiger partial charge in [-0.2, -0.15) is 0 Å². The van der Waals surface area contributed by atoms with Crippen LogP contribution in [0.4, 0.5) is 0 Å². The number of thiophene rings is 1. The van der Waals surface area contributed by atoms with Crippen LogP contribution in [0.1, 0.15) is 52.3 Å². The molecule has 3 nitrogen and oxygen atoms in total. The minimum absolute atomic E-state index is 0.0301. The average molecular weight is 286 g/mol. The molecule has 1 aliphatic carbocycles. The summed E-state index contributed by atoms with van der Waals surface area (Å²) in [6.45, 7) is 1.97. The van der Waals surface area contributed by atoms with Gasteiger partial charge in [-0.15, -0.1) is 11.3 Å². The van der Waals surface area contributed by atoms with Crippen molar-refractivity contribution in [3.05, 3.63) is 51.5 Å².